The van der Waals surface area contributed by atoms with Crippen LogP contribution in [0.15, 0.2) is 136 Å². The van der Waals surface area contributed by atoms with Crippen molar-refractivity contribution in [2.75, 3.05) is 0 Å². The number of ether oxygens (including phenoxy) is 3. The van der Waals surface area contributed by atoms with Gasteiger partial charge in [-0.15, -0.1) is 0 Å². The fourth-order valence-corrected chi connectivity index (χ4v) is 6.25. The molecule has 0 saturated heterocycles. The summed E-state index contributed by atoms with van der Waals surface area (Å²) in [6.45, 7) is 6.99. The van der Waals surface area contributed by atoms with Crippen molar-refractivity contribution in [3.05, 3.63) is 133 Å². The zero-order valence-corrected chi connectivity index (χ0v) is 23.8. The van der Waals surface area contributed by atoms with Crippen molar-refractivity contribution in [3.63, 3.8) is 0 Å². The molecule has 0 aliphatic heterocycles. The van der Waals surface area contributed by atoms with E-state index < -0.39 is 10.9 Å². The van der Waals surface area contributed by atoms with E-state index in [1.54, 1.807) is 12.4 Å². The zero-order valence-electron chi connectivity index (χ0n) is 23.0. The molecule has 0 aliphatic rings. The first-order valence-electron chi connectivity index (χ1n) is 13.2. The number of hydrogen-bond acceptors (Lipinski definition) is 5. The van der Waals surface area contributed by atoms with E-state index in [2.05, 4.69) is 73.2 Å². The Morgan fingerprint density at radius 2 is 1.00 bits per heavy atom. The molecular formula is C34H33N2O3S+. The summed E-state index contributed by atoms with van der Waals surface area (Å²) in [6, 6.07) is 36.6. The molecule has 5 aromatic rings. The Labute approximate surface area is 239 Å². The van der Waals surface area contributed by atoms with Crippen LogP contribution in [0.25, 0.3) is 0 Å². The molecule has 0 aliphatic carbocycles. The minimum Gasteiger partial charge on any atom is -0.488 e. The van der Waals surface area contributed by atoms with Crippen LogP contribution in [-0.4, -0.2) is 15.6 Å². The third-order valence-corrected chi connectivity index (χ3v) is 7.95. The van der Waals surface area contributed by atoms with Crippen LogP contribution in [0.5, 0.6) is 17.2 Å². The van der Waals surface area contributed by atoms with E-state index in [9.17, 15) is 0 Å². The Morgan fingerprint density at radius 1 is 0.550 bits per heavy atom. The van der Waals surface area contributed by atoms with E-state index in [0.717, 1.165) is 43.3 Å². The summed E-state index contributed by atoms with van der Waals surface area (Å²) in [4.78, 5) is 12.2. The summed E-state index contributed by atoms with van der Waals surface area (Å²) >= 11 is 0. The number of benzene rings is 3. The van der Waals surface area contributed by atoms with Gasteiger partial charge in [-0.25, -0.2) is 0 Å². The van der Waals surface area contributed by atoms with E-state index in [1.165, 1.54) is 0 Å². The highest BCUT2D eigenvalue weighted by Crippen LogP contribution is 2.36. The molecule has 3 aromatic carbocycles. The molecule has 6 heteroatoms. The van der Waals surface area contributed by atoms with Crippen LogP contribution in [0.4, 0.5) is 0 Å². The summed E-state index contributed by atoms with van der Waals surface area (Å²) < 4.78 is 18.5. The first kappa shape index (κ1) is 27.3. The van der Waals surface area contributed by atoms with Gasteiger partial charge in [-0.1, -0.05) is 30.3 Å². The lowest BCUT2D eigenvalue weighted by atomic mass is 10.2. The highest BCUT2D eigenvalue weighted by molar-refractivity contribution is 7.97. The Morgan fingerprint density at radius 3 is 1.43 bits per heavy atom. The van der Waals surface area contributed by atoms with E-state index in [4.69, 9.17) is 14.2 Å². The zero-order chi connectivity index (χ0) is 27.8. The predicted octanol–water partition coefficient (Wildman–Crippen LogP) is 7.91. The van der Waals surface area contributed by atoms with Gasteiger partial charge in [0.1, 0.15) is 36.1 Å². The van der Waals surface area contributed by atoms with Crippen LogP contribution in [-0.2, 0) is 24.1 Å². The lowest BCUT2D eigenvalue weighted by Crippen LogP contribution is -2.23. The molecule has 40 heavy (non-hydrogen) atoms. The van der Waals surface area contributed by atoms with Gasteiger partial charge in [0.05, 0.1) is 22.3 Å². The second-order valence-electron chi connectivity index (χ2n) is 10.2. The maximum Gasteiger partial charge on any atom is 0.170 e. The third kappa shape index (κ3) is 7.64. The van der Waals surface area contributed by atoms with E-state index in [0.29, 0.717) is 13.2 Å². The lowest BCUT2D eigenvalue weighted by molar-refractivity contribution is 0.130. The van der Waals surface area contributed by atoms with Crippen molar-refractivity contribution in [2.45, 2.75) is 54.3 Å². The third-order valence-electron chi connectivity index (χ3n) is 5.77. The molecule has 2 aromatic heterocycles. The normalized spacial score (nSPS) is 11.3. The first-order chi connectivity index (χ1) is 19.4. The van der Waals surface area contributed by atoms with Crippen LogP contribution < -0.4 is 14.2 Å². The van der Waals surface area contributed by atoms with Gasteiger partial charge in [0.2, 0.25) is 0 Å². The Balaban J connectivity index is 1.48. The molecule has 5 nitrogen and oxygen atoms in total. The van der Waals surface area contributed by atoms with Crippen molar-refractivity contribution in [2.24, 2.45) is 0 Å². The van der Waals surface area contributed by atoms with Crippen LogP contribution in [0.1, 0.15) is 32.2 Å². The maximum absolute atomic E-state index is 6.23. The Bertz CT molecular complexity index is 1430. The topological polar surface area (TPSA) is 53.5 Å². The molecule has 2 heterocycles. The largest absolute Gasteiger partial charge is 0.488 e. The van der Waals surface area contributed by atoms with Crippen molar-refractivity contribution in [1.29, 1.82) is 0 Å². The van der Waals surface area contributed by atoms with Crippen LogP contribution in [0.3, 0.4) is 0 Å². The first-order valence-corrected chi connectivity index (χ1v) is 14.4. The lowest BCUT2D eigenvalue weighted by Gasteiger charge is -2.21. The molecule has 0 spiro atoms. The van der Waals surface area contributed by atoms with Crippen LogP contribution in [0, 0.1) is 0 Å². The molecule has 0 atom stereocenters. The molecule has 0 fully saturated rings. The van der Waals surface area contributed by atoms with Gasteiger partial charge in [0.15, 0.2) is 14.7 Å². The second kappa shape index (κ2) is 12.7. The number of hydrogen-bond donors (Lipinski definition) is 0. The fraction of sp³-hybridized carbons (Fsp3) is 0.176. The minimum absolute atomic E-state index is 0.296. The summed E-state index contributed by atoms with van der Waals surface area (Å²) in [7, 11) is -0.441. The Hall–Kier alpha value is -4.29. The van der Waals surface area contributed by atoms with Crippen LogP contribution >= 0.6 is 0 Å². The van der Waals surface area contributed by atoms with Gasteiger partial charge in [0.25, 0.3) is 0 Å². The number of rotatable bonds is 10. The van der Waals surface area contributed by atoms with E-state index in [1.807, 2.05) is 66.7 Å². The standard InChI is InChI=1S/C34H33N2O3S/c1-34(2,3)39-30-15-10-18-33(23-30)40(31-16-8-13-28(21-31)37-24-26-11-4-6-19-35-26)32-17-9-14-29(22-32)38-25-27-12-5-7-20-36-27/h4-23H,24-25H2,1-3H3/q+1. The predicted molar refractivity (Wildman–Crippen MR) is 159 cm³/mol. The van der Waals surface area contributed by atoms with Crippen molar-refractivity contribution in [3.8, 4) is 17.2 Å². The highest BCUT2D eigenvalue weighted by Gasteiger charge is 2.30. The minimum atomic E-state index is -0.441. The molecule has 0 unspecified atom stereocenters. The smallest absolute Gasteiger partial charge is 0.170 e. The summed E-state index contributed by atoms with van der Waals surface area (Å²) in [5.74, 6) is 2.43. The Kier molecular flexibility index (Phi) is 8.67. The summed E-state index contributed by atoms with van der Waals surface area (Å²) in [5, 5.41) is 0. The fourth-order valence-electron chi connectivity index (χ4n) is 4.09. The summed E-state index contributed by atoms with van der Waals surface area (Å²) in [5.41, 5.74) is 1.48. The molecule has 0 bridgehead atoms. The van der Waals surface area contributed by atoms with Gasteiger partial charge in [0, 0.05) is 30.6 Å². The number of aromatic nitrogens is 2. The molecule has 0 amide bonds. The van der Waals surface area contributed by atoms with Crippen molar-refractivity contribution < 1.29 is 14.2 Å². The monoisotopic (exact) mass is 549 g/mol. The number of nitrogens with zero attached hydrogens (tertiary/aromatic N) is 2. The molecule has 5 rings (SSSR count). The van der Waals surface area contributed by atoms with Gasteiger partial charge in [-0.05, 0) is 81.4 Å². The molecule has 0 radical (unpaired) electrons. The van der Waals surface area contributed by atoms with Gasteiger partial charge in [-0.3, -0.25) is 9.97 Å². The maximum atomic E-state index is 6.23. The van der Waals surface area contributed by atoms with E-state index >= 15 is 0 Å². The quantitative estimate of drug-likeness (QED) is 0.166. The van der Waals surface area contributed by atoms with Gasteiger partial charge < -0.3 is 14.2 Å². The SMILES string of the molecule is CC(C)(C)Oc1cccc([S+](c2cccc(OCc3ccccn3)c2)c2cccc(OCc3ccccn3)c2)c1. The molecular weight excluding hydrogens is 516 g/mol. The van der Waals surface area contributed by atoms with Crippen molar-refractivity contribution >= 4 is 10.9 Å². The molecule has 202 valence electrons. The average molecular weight is 550 g/mol. The summed E-state index contributed by atoms with van der Waals surface area (Å²) in [6.07, 6.45) is 3.56. The highest BCUT2D eigenvalue weighted by atomic mass is 32.2. The average Bonchev–Trinajstić information content (AvgIpc) is 2.96. The molecule has 0 saturated carbocycles. The van der Waals surface area contributed by atoms with E-state index in [-0.39, 0.29) is 5.60 Å². The number of pyridine rings is 2. The van der Waals surface area contributed by atoms with Gasteiger partial charge >= 0.3 is 0 Å². The second-order valence-corrected chi connectivity index (χ2v) is 12.2. The van der Waals surface area contributed by atoms with Crippen LogP contribution in [0.2, 0.25) is 0 Å². The molecule has 0 N–H and O–H groups in total. The van der Waals surface area contributed by atoms with Crippen molar-refractivity contribution in [1.82, 2.24) is 9.97 Å². The van der Waals surface area contributed by atoms with Gasteiger partial charge in [-0.2, -0.15) is 0 Å².